The Morgan fingerprint density at radius 1 is 1.03 bits per heavy atom. The first-order valence-corrected chi connectivity index (χ1v) is 22.2. The highest BCUT2D eigenvalue weighted by Crippen LogP contribution is 2.38. The Kier molecular flexibility index (Phi) is 14.1. The normalized spacial score (nSPS) is 17.1. The fourth-order valence-electron chi connectivity index (χ4n) is 7.38. The van der Waals surface area contributed by atoms with Crippen molar-refractivity contribution >= 4 is 73.1 Å². The van der Waals surface area contributed by atoms with Crippen molar-refractivity contribution in [2.75, 3.05) is 71.5 Å². The number of amides is 2. The molecule has 2 fully saturated rings. The van der Waals surface area contributed by atoms with Crippen molar-refractivity contribution in [3.05, 3.63) is 83.0 Å². The van der Waals surface area contributed by atoms with Gasteiger partial charge in [0.15, 0.2) is 10.6 Å². The molecule has 4 heterocycles. The van der Waals surface area contributed by atoms with E-state index in [2.05, 4.69) is 48.3 Å². The van der Waals surface area contributed by atoms with E-state index in [0.717, 1.165) is 83.6 Å². The Labute approximate surface area is 358 Å². The molecule has 2 amide bonds. The van der Waals surface area contributed by atoms with E-state index < -0.39 is 22.0 Å². The molecule has 15 heteroatoms. The van der Waals surface area contributed by atoms with Crippen LogP contribution in [0.25, 0.3) is 21.1 Å². The zero-order valence-corrected chi connectivity index (χ0v) is 36.1. The van der Waals surface area contributed by atoms with E-state index in [1.165, 1.54) is 0 Å². The molecule has 2 aliphatic heterocycles. The summed E-state index contributed by atoms with van der Waals surface area (Å²) in [5, 5.41) is 6.79. The molecule has 0 aliphatic carbocycles. The van der Waals surface area contributed by atoms with Gasteiger partial charge < -0.3 is 19.3 Å². The molecule has 0 saturated carbocycles. The van der Waals surface area contributed by atoms with Crippen LogP contribution in [-0.2, 0) is 32.0 Å². The summed E-state index contributed by atoms with van der Waals surface area (Å²) in [6.45, 7) is 12.6. The topological polar surface area (TPSA) is 152 Å². The van der Waals surface area contributed by atoms with Gasteiger partial charge in [0.1, 0.15) is 24.2 Å². The largest absolute Gasteiger partial charge is 0.611 e. The van der Waals surface area contributed by atoms with Crippen molar-refractivity contribution in [1.29, 1.82) is 0 Å². The molecule has 2 atom stereocenters. The molecular formula is C45H51N7O6S2. The minimum absolute atomic E-state index is 0.249. The second kappa shape index (κ2) is 19.6. The lowest BCUT2D eigenvalue weighted by molar-refractivity contribution is -0.137. The van der Waals surface area contributed by atoms with Crippen LogP contribution in [0.2, 0.25) is 0 Å². The number of anilines is 2. The number of rotatable bonds is 15. The van der Waals surface area contributed by atoms with Crippen LogP contribution in [0.1, 0.15) is 55.1 Å². The standard InChI is InChI=1S/C45H51N7O6S2/c1-45(2,3)60(56)42-26-34-36(48-33-10-12-41-38(25-33)47-30-59-41)14-15-46-37(34)27-40(42)58-24-21-52-18-16-51(17-19-52)20-23-57-22-6-9-31-7-5-8-32(29-53)35(31)28-50(4)39-11-13-43(54)49-44(39)55/h5,7-8,10,12,14-15,25-27,29-30,39H,11,13,16-24,28H2,1-4H3,(H,46,48)(H,49,54,55). The molecule has 3 aromatic carbocycles. The molecule has 2 N–H and O–H groups in total. The van der Waals surface area contributed by atoms with Crippen LogP contribution in [0, 0.1) is 11.8 Å². The molecular weight excluding hydrogens is 799 g/mol. The summed E-state index contributed by atoms with van der Waals surface area (Å²) < 4.78 is 26.8. The van der Waals surface area contributed by atoms with Gasteiger partial charge >= 0.3 is 0 Å². The van der Waals surface area contributed by atoms with E-state index >= 15 is 0 Å². The number of nitrogens with one attached hydrogen (secondary N) is 2. The molecule has 2 aliphatic rings. The number of benzene rings is 3. The molecule has 2 unspecified atom stereocenters. The molecule has 2 aromatic heterocycles. The second-order valence-electron chi connectivity index (χ2n) is 16.0. The van der Waals surface area contributed by atoms with Crippen molar-refractivity contribution in [2.24, 2.45) is 0 Å². The average molecular weight is 850 g/mol. The number of ether oxygens (including phenoxy) is 2. The van der Waals surface area contributed by atoms with E-state index in [1.54, 1.807) is 29.7 Å². The quantitative estimate of drug-likeness (QED) is 0.0443. The zero-order chi connectivity index (χ0) is 42.2. The lowest BCUT2D eigenvalue weighted by Crippen LogP contribution is -2.51. The van der Waals surface area contributed by atoms with E-state index in [0.29, 0.717) is 48.0 Å². The van der Waals surface area contributed by atoms with Crippen LogP contribution in [0.15, 0.2) is 71.2 Å². The van der Waals surface area contributed by atoms with Crippen LogP contribution in [0.3, 0.4) is 0 Å². The summed E-state index contributed by atoms with van der Waals surface area (Å²) in [6.07, 6.45) is 3.29. The van der Waals surface area contributed by atoms with Crippen LogP contribution in [0.5, 0.6) is 5.75 Å². The molecule has 0 bridgehead atoms. The number of fused-ring (bicyclic) bond motifs is 2. The zero-order valence-electron chi connectivity index (χ0n) is 34.5. The molecule has 60 heavy (non-hydrogen) atoms. The van der Waals surface area contributed by atoms with Gasteiger partial charge in [-0.15, -0.1) is 11.3 Å². The van der Waals surface area contributed by atoms with Gasteiger partial charge in [-0.3, -0.25) is 39.4 Å². The second-order valence-corrected chi connectivity index (χ2v) is 19.1. The van der Waals surface area contributed by atoms with Gasteiger partial charge in [-0.1, -0.05) is 24.0 Å². The van der Waals surface area contributed by atoms with Gasteiger partial charge in [0.05, 0.1) is 33.9 Å². The van der Waals surface area contributed by atoms with Crippen LogP contribution < -0.4 is 15.4 Å². The molecule has 0 radical (unpaired) electrons. The monoisotopic (exact) mass is 849 g/mol. The summed E-state index contributed by atoms with van der Waals surface area (Å²) in [5.41, 5.74) is 7.30. The Morgan fingerprint density at radius 3 is 2.57 bits per heavy atom. The molecule has 13 nitrogen and oxygen atoms in total. The van der Waals surface area contributed by atoms with Gasteiger partial charge in [0, 0.05) is 98.5 Å². The SMILES string of the molecule is CN(Cc1c(C#CCOCCN2CCN(CCOc3cc4nccc(Nc5ccc6scnc6c5)c4cc3[S+]([O-])C(C)(C)C)CC2)cccc1C=O)C1CCC(=O)NC1=O. The van der Waals surface area contributed by atoms with Gasteiger partial charge in [0.2, 0.25) is 11.8 Å². The third-order valence-electron chi connectivity index (χ3n) is 10.7. The number of thiazole rings is 1. The molecule has 314 valence electrons. The van der Waals surface area contributed by atoms with Crippen molar-refractivity contribution in [3.8, 4) is 17.6 Å². The maximum absolute atomic E-state index is 13.9. The number of carbonyl (C=O) groups is 3. The fourth-order valence-corrected chi connectivity index (χ4v) is 9.23. The number of piperazine rings is 1. The van der Waals surface area contributed by atoms with Gasteiger partial charge in [-0.05, 0) is 81.3 Å². The third kappa shape index (κ3) is 10.7. The maximum Gasteiger partial charge on any atom is 0.243 e. The summed E-state index contributed by atoms with van der Waals surface area (Å²) in [6, 6.07) is 16.9. The summed E-state index contributed by atoms with van der Waals surface area (Å²) in [4.78, 5) is 52.3. The number of imide groups is 1. The van der Waals surface area contributed by atoms with Gasteiger partial charge in [0.25, 0.3) is 0 Å². The van der Waals surface area contributed by atoms with Crippen molar-refractivity contribution < 1.29 is 28.4 Å². The lowest BCUT2D eigenvalue weighted by Gasteiger charge is -2.34. The molecule has 5 aromatic rings. The minimum atomic E-state index is -1.34. The number of hydrogen-bond donors (Lipinski definition) is 2. The summed E-state index contributed by atoms with van der Waals surface area (Å²) in [5.74, 6) is 6.26. The molecule has 0 spiro atoms. The number of pyridine rings is 1. The molecule has 2 saturated heterocycles. The van der Waals surface area contributed by atoms with Crippen LogP contribution in [-0.4, -0.2) is 124 Å². The average Bonchev–Trinajstić information content (AvgIpc) is 3.70. The first-order chi connectivity index (χ1) is 29.0. The number of likely N-dealkylation sites (N-methyl/N-ethyl adjacent to an activating group) is 1. The smallest absolute Gasteiger partial charge is 0.243 e. The van der Waals surface area contributed by atoms with Crippen LogP contribution in [0.4, 0.5) is 11.4 Å². The van der Waals surface area contributed by atoms with Crippen molar-refractivity contribution in [3.63, 3.8) is 0 Å². The number of aromatic nitrogens is 2. The number of hydrogen-bond acceptors (Lipinski definition) is 13. The van der Waals surface area contributed by atoms with E-state index in [4.69, 9.17) is 9.47 Å². The van der Waals surface area contributed by atoms with Crippen molar-refractivity contribution in [1.82, 2.24) is 30.0 Å². The third-order valence-corrected chi connectivity index (χ3v) is 13.4. The Hall–Kier alpha value is -4.92. The predicted molar refractivity (Wildman–Crippen MR) is 236 cm³/mol. The Balaban J connectivity index is 0.882. The van der Waals surface area contributed by atoms with Gasteiger partial charge in [-0.2, -0.15) is 0 Å². The Bertz CT molecular complexity index is 2400. The highest BCUT2D eigenvalue weighted by Gasteiger charge is 2.33. The van der Waals surface area contributed by atoms with E-state index in [-0.39, 0.29) is 24.8 Å². The summed E-state index contributed by atoms with van der Waals surface area (Å²) in [7, 11) is 1.81. The highest BCUT2D eigenvalue weighted by atomic mass is 32.2. The van der Waals surface area contributed by atoms with Crippen LogP contribution >= 0.6 is 11.3 Å². The number of piperidine rings is 1. The van der Waals surface area contributed by atoms with E-state index in [9.17, 15) is 18.9 Å². The number of nitrogens with zero attached hydrogens (tertiary/aromatic N) is 5. The predicted octanol–water partition coefficient (Wildman–Crippen LogP) is 5.61. The highest BCUT2D eigenvalue weighted by molar-refractivity contribution is 7.92. The van der Waals surface area contributed by atoms with Crippen molar-refractivity contribution in [2.45, 2.75) is 55.8 Å². The number of carbonyl (C=O) groups excluding carboxylic acids is 3. The number of aldehydes is 1. The van der Waals surface area contributed by atoms with E-state index in [1.807, 2.05) is 74.6 Å². The first-order valence-electron chi connectivity index (χ1n) is 20.2. The van der Waals surface area contributed by atoms with Gasteiger partial charge in [-0.25, -0.2) is 4.98 Å². The Morgan fingerprint density at radius 2 is 1.82 bits per heavy atom. The minimum Gasteiger partial charge on any atom is -0.611 e. The first kappa shape index (κ1) is 43.2. The maximum atomic E-state index is 13.9. The fraction of sp³-hybridized carbons (Fsp3) is 0.400. The lowest BCUT2D eigenvalue weighted by atomic mass is 9.99. The summed E-state index contributed by atoms with van der Waals surface area (Å²) >= 11 is 0.271. The molecule has 7 rings (SSSR count).